The Balaban J connectivity index is 1.35. The Kier molecular flexibility index (Phi) is 5.69. The number of hydrogen-bond donors (Lipinski definition) is 1. The maximum absolute atomic E-state index is 13.2. The number of halogens is 1. The number of nitrogens with zero attached hydrogens (tertiary/aromatic N) is 2. The quantitative estimate of drug-likeness (QED) is 0.716. The number of fused-ring (bicyclic) bond motifs is 1. The zero-order chi connectivity index (χ0) is 19.5. The molecule has 4 rings (SSSR count). The molecule has 0 aliphatic carbocycles. The molecule has 0 radical (unpaired) electrons. The summed E-state index contributed by atoms with van der Waals surface area (Å²) >= 11 is 1.80. The molecule has 6 heteroatoms. The van der Waals surface area contributed by atoms with E-state index < -0.39 is 0 Å². The van der Waals surface area contributed by atoms with Crippen molar-refractivity contribution in [2.45, 2.75) is 25.7 Å². The molecule has 28 heavy (non-hydrogen) atoms. The number of benzene rings is 2. The second-order valence-electron chi connectivity index (χ2n) is 7.34. The van der Waals surface area contributed by atoms with Gasteiger partial charge in [0.15, 0.2) is 6.54 Å². The van der Waals surface area contributed by atoms with Crippen molar-refractivity contribution in [1.29, 1.82) is 0 Å². The van der Waals surface area contributed by atoms with Crippen LogP contribution >= 0.6 is 11.3 Å². The average Bonchev–Trinajstić information content (AvgIpc) is 3.15. The Bertz CT molecular complexity index is 915. The summed E-state index contributed by atoms with van der Waals surface area (Å²) in [6, 6.07) is 14.4. The number of aromatic nitrogens is 1. The van der Waals surface area contributed by atoms with E-state index in [0.717, 1.165) is 37.1 Å². The van der Waals surface area contributed by atoms with Crippen LogP contribution in [0, 0.1) is 5.82 Å². The molecule has 0 spiro atoms. The number of hydrogen-bond acceptors (Lipinski definition) is 3. The van der Waals surface area contributed by atoms with E-state index >= 15 is 0 Å². The van der Waals surface area contributed by atoms with E-state index in [4.69, 9.17) is 4.98 Å². The van der Waals surface area contributed by atoms with E-state index in [-0.39, 0.29) is 11.7 Å². The van der Waals surface area contributed by atoms with Crippen molar-refractivity contribution in [2.24, 2.45) is 0 Å². The molecule has 1 fully saturated rings. The SMILES string of the molecule is CCN(C(=O)C[NH+]1CCC(c2nc3ccccc3s2)CC1)c1ccc(F)cc1. The third-order valence-corrected chi connectivity index (χ3v) is 6.71. The zero-order valence-electron chi connectivity index (χ0n) is 16.0. The van der Waals surface area contributed by atoms with Crippen LogP contribution in [-0.4, -0.2) is 37.1 Å². The number of para-hydroxylation sites is 1. The highest BCUT2D eigenvalue weighted by molar-refractivity contribution is 7.18. The van der Waals surface area contributed by atoms with Gasteiger partial charge < -0.3 is 9.80 Å². The van der Waals surface area contributed by atoms with Crippen LogP contribution in [0.15, 0.2) is 48.5 Å². The van der Waals surface area contributed by atoms with Crippen LogP contribution in [0.4, 0.5) is 10.1 Å². The molecule has 3 aromatic rings. The van der Waals surface area contributed by atoms with Crippen molar-refractivity contribution >= 4 is 33.1 Å². The number of piperidine rings is 1. The Morgan fingerprint density at radius 1 is 1.18 bits per heavy atom. The monoisotopic (exact) mass is 398 g/mol. The fourth-order valence-corrected chi connectivity index (χ4v) is 5.08. The third kappa shape index (κ3) is 4.08. The van der Waals surface area contributed by atoms with Crippen LogP contribution in [0.5, 0.6) is 0 Å². The number of quaternary nitrogens is 1. The van der Waals surface area contributed by atoms with E-state index in [1.165, 1.54) is 26.7 Å². The van der Waals surface area contributed by atoms with E-state index in [0.29, 0.717) is 19.0 Å². The number of nitrogens with one attached hydrogen (secondary N) is 1. The zero-order valence-corrected chi connectivity index (χ0v) is 16.8. The number of carbonyl (C=O) groups excluding carboxylic acids is 1. The molecule has 0 saturated carbocycles. The summed E-state index contributed by atoms with van der Waals surface area (Å²) in [4.78, 5) is 20.7. The van der Waals surface area contributed by atoms with E-state index in [1.807, 2.05) is 13.0 Å². The smallest absolute Gasteiger partial charge is 0.282 e. The van der Waals surface area contributed by atoms with Gasteiger partial charge in [-0.05, 0) is 43.3 Å². The predicted molar refractivity (Wildman–Crippen MR) is 112 cm³/mol. The van der Waals surface area contributed by atoms with E-state index in [2.05, 4.69) is 18.2 Å². The fraction of sp³-hybridized carbons (Fsp3) is 0.364. The van der Waals surface area contributed by atoms with Gasteiger partial charge in [-0.25, -0.2) is 9.37 Å². The molecule has 1 N–H and O–H groups in total. The van der Waals surface area contributed by atoms with Gasteiger partial charge in [0.05, 0.1) is 28.3 Å². The Morgan fingerprint density at radius 2 is 1.89 bits per heavy atom. The lowest BCUT2D eigenvalue weighted by atomic mass is 9.97. The molecule has 1 aliphatic heterocycles. The maximum Gasteiger partial charge on any atom is 0.282 e. The maximum atomic E-state index is 13.2. The highest BCUT2D eigenvalue weighted by atomic mass is 32.1. The summed E-state index contributed by atoms with van der Waals surface area (Å²) in [7, 11) is 0. The number of anilines is 1. The van der Waals surface area contributed by atoms with Crippen LogP contribution in [0.1, 0.15) is 30.7 Å². The largest absolute Gasteiger partial charge is 0.327 e. The third-order valence-electron chi connectivity index (χ3n) is 5.51. The number of carbonyl (C=O) groups is 1. The molecule has 0 atom stereocenters. The Morgan fingerprint density at radius 3 is 2.57 bits per heavy atom. The van der Waals surface area contributed by atoms with E-state index in [1.54, 1.807) is 28.4 Å². The summed E-state index contributed by atoms with van der Waals surface area (Å²) in [5, 5.41) is 1.23. The van der Waals surface area contributed by atoms with Crippen molar-refractivity contribution in [3.63, 3.8) is 0 Å². The van der Waals surface area contributed by atoms with Gasteiger partial charge in [-0.15, -0.1) is 11.3 Å². The molecule has 1 amide bonds. The summed E-state index contributed by atoms with van der Waals surface area (Å²) in [6.07, 6.45) is 2.12. The predicted octanol–water partition coefficient (Wildman–Crippen LogP) is 3.25. The molecule has 4 nitrogen and oxygen atoms in total. The lowest BCUT2D eigenvalue weighted by molar-refractivity contribution is -0.897. The first-order valence-electron chi connectivity index (χ1n) is 9.89. The van der Waals surface area contributed by atoms with Gasteiger partial charge in [-0.3, -0.25) is 4.79 Å². The van der Waals surface area contributed by atoms with Crippen LogP contribution in [0.25, 0.3) is 10.2 Å². The van der Waals surface area contributed by atoms with Gasteiger partial charge in [0, 0.05) is 31.0 Å². The minimum Gasteiger partial charge on any atom is -0.327 e. The lowest BCUT2D eigenvalue weighted by Gasteiger charge is -2.30. The standard InChI is InChI=1S/C22H24FN3OS/c1-2-26(18-9-7-17(23)8-10-18)21(27)15-25-13-11-16(12-14-25)22-24-19-5-3-4-6-20(19)28-22/h3-10,16H,2,11-15H2,1H3/p+1. The second-order valence-corrected chi connectivity index (χ2v) is 8.40. The molecule has 0 unspecified atom stereocenters. The molecular formula is C22H25FN3OS+. The number of rotatable bonds is 5. The molecule has 1 saturated heterocycles. The summed E-state index contributed by atoms with van der Waals surface area (Å²) in [5.74, 6) is 0.313. The van der Waals surface area contributed by atoms with Crippen LogP contribution < -0.4 is 9.80 Å². The van der Waals surface area contributed by atoms with Crippen molar-refractivity contribution < 1.29 is 14.1 Å². The van der Waals surface area contributed by atoms with Crippen molar-refractivity contribution in [3.8, 4) is 0 Å². The van der Waals surface area contributed by atoms with E-state index in [9.17, 15) is 9.18 Å². The first-order valence-corrected chi connectivity index (χ1v) is 10.7. The highest BCUT2D eigenvalue weighted by Gasteiger charge is 2.28. The summed E-state index contributed by atoms with van der Waals surface area (Å²) in [5.41, 5.74) is 1.85. The Labute approximate surface area is 168 Å². The first kappa shape index (κ1) is 19.0. The topological polar surface area (TPSA) is 37.6 Å². The first-order chi connectivity index (χ1) is 13.6. The summed E-state index contributed by atoms with van der Waals surface area (Å²) < 4.78 is 14.4. The van der Waals surface area contributed by atoms with Gasteiger partial charge >= 0.3 is 0 Å². The fourth-order valence-electron chi connectivity index (χ4n) is 3.95. The number of likely N-dealkylation sites (N-methyl/N-ethyl adjacent to an activating group) is 1. The highest BCUT2D eigenvalue weighted by Crippen LogP contribution is 2.31. The molecule has 146 valence electrons. The molecule has 0 bridgehead atoms. The van der Waals surface area contributed by atoms with Gasteiger partial charge in [-0.2, -0.15) is 0 Å². The Hall–Kier alpha value is -2.31. The molecule has 1 aliphatic rings. The number of amides is 1. The van der Waals surface area contributed by atoms with Gasteiger partial charge in [0.2, 0.25) is 0 Å². The van der Waals surface area contributed by atoms with Crippen molar-refractivity contribution in [1.82, 2.24) is 4.98 Å². The van der Waals surface area contributed by atoms with Gasteiger partial charge in [-0.1, -0.05) is 12.1 Å². The van der Waals surface area contributed by atoms with Crippen molar-refractivity contribution in [2.75, 3.05) is 31.1 Å². The van der Waals surface area contributed by atoms with Crippen LogP contribution in [0.3, 0.4) is 0 Å². The molecule has 2 aromatic carbocycles. The number of thiazole rings is 1. The molecule has 1 aromatic heterocycles. The van der Waals surface area contributed by atoms with Gasteiger partial charge in [0.1, 0.15) is 5.82 Å². The average molecular weight is 399 g/mol. The molecule has 2 heterocycles. The van der Waals surface area contributed by atoms with Crippen LogP contribution in [0.2, 0.25) is 0 Å². The van der Waals surface area contributed by atoms with Gasteiger partial charge in [0.25, 0.3) is 5.91 Å². The lowest BCUT2D eigenvalue weighted by Crippen LogP contribution is -3.14. The normalized spacial score (nSPS) is 19.6. The number of likely N-dealkylation sites (tertiary alicyclic amines) is 1. The molecular weight excluding hydrogens is 373 g/mol. The minimum atomic E-state index is -0.283. The summed E-state index contributed by atoms with van der Waals surface area (Å²) in [6.45, 7) is 4.99. The minimum absolute atomic E-state index is 0.0996. The van der Waals surface area contributed by atoms with Crippen molar-refractivity contribution in [3.05, 3.63) is 59.4 Å². The van der Waals surface area contributed by atoms with Crippen LogP contribution in [-0.2, 0) is 4.79 Å². The second kappa shape index (κ2) is 8.37.